The van der Waals surface area contributed by atoms with E-state index in [0.717, 1.165) is 43.4 Å². The number of aryl methyl sites for hydroxylation is 2. The van der Waals surface area contributed by atoms with Crippen LogP contribution in [0.2, 0.25) is 0 Å². The minimum absolute atomic E-state index is 0.125. The van der Waals surface area contributed by atoms with E-state index in [4.69, 9.17) is 0 Å². The predicted molar refractivity (Wildman–Crippen MR) is 116 cm³/mol. The van der Waals surface area contributed by atoms with E-state index in [0.29, 0.717) is 17.7 Å². The second kappa shape index (κ2) is 7.39. The largest absolute Gasteiger partial charge is 0.358 e. The number of H-pyrrole nitrogens is 1. The number of nitrogens with zero attached hydrogens (tertiary/aromatic N) is 1. The number of fused-ring (bicyclic) bond motifs is 3. The summed E-state index contributed by atoms with van der Waals surface area (Å²) in [5, 5.41) is 4.17. The molecular weight excluding hydrogens is 362 g/mol. The van der Waals surface area contributed by atoms with E-state index in [9.17, 15) is 9.59 Å². The van der Waals surface area contributed by atoms with Crippen molar-refractivity contribution in [1.82, 2.24) is 4.98 Å². The van der Waals surface area contributed by atoms with Crippen LogP contribution in [0, 0.1) is 0 Å². The monoisotopic (exact) mass is 387 g/mol. The Hall–Kier alpha value is -3.08. The van der Waals surface area contributed by atoms with Crippen LogP contribution in [0.25, 0.3) is 10.9 Å². The first kappa shape index (κ1) is 18.0. The lowest BCUT2D eigenvalue weighted by atomic mass is 9.95. The van der Waals surface area contributed by atoms with Crippen LogP contribution >= 0.6 is 0 Å². The third-order valence-electron chi connectivity index (χ3n) is 6.10. The summed E-state index contributed by atoms with van der Waals surface area (Å²) in [6.07, 6.45) is 7.17. The fraction of sp³-hybridized carbons (Fsp3) is 0.333. The van der Waals surface area contributed by atoms with Gasteiger partial charge in [-0.3, -0.25) is 9.59 Å². The Balaban J connectivity index is 1.39. The van der Waals surface area contributed by atoms with Crippen LogP contribution in [0.5, 0.6) is 0 Å². The Kier molecular flexibility index (Phi) is 4.58. The van der Waals surface area contributed by atoms with E-state index in [-0.39, 0.29) is 11.8 Å². The van der Waals surface area contributed by atoms with Gasteiger partial charge in [0.2, 0.25) is 5.91 Å². The molecule has 29 heavy (non-hydrogen) atoms. The number of nitrogens with one attached hydrogen (secondary N) is 2. The molecule has 148 valence electrons. The van der Waals surface area contributed by atoms with Crippen LogP contribution in [0.3, 0.4) is 0 Å². The summed E-state index contributed by atoms with van der Waals surface area (Å²) in [7, 11) is 0. The summed E-state index contributed by atoms with van der Waals surface area (Å²) in [5.41, 5.74) is 6.02. The Labute approximate surface area is 170 Å². The van der Waals surface area contributed by atoms with Crippen molar-refractivity contribution in [3.63, 3.8) is 0 Å². The number of carbonyl (C=O) groups excluding carboxylic acids is 2. The molecule has 1 aliphatic carbocycles. The van der Waals surface area contributed by atoms with Gasteiger partial charge in [-0.2, -0.15) is 0 Å². The second-order valence-corrected chi connectivity index (χ2v) is 8.06. The maximum Gasteiger partial charge on any atom is 0.255 e. The standard InChI is InChI=1S/C24H25N3O2/c28-23-10-3-4-13-27(23)18-7-5-6-17(15-18)25-24(29)16-11-12-22-20(14-16)19-8-1-2-9-21(19)26-22/h5-7,11-12,14-15,26H,1-4,8-10,13H2,(H,25,29). The van der Waals surface area contributed by atoms with Crippen LogP contribution < -0.4 is 10.2 Å². The maximum absolute atomic E-state index is 12.9. The van der Waals surface area contributed by atoms with Gasteiger partial charge in [0.05, 0.1) is 0 Å². The number of carbonyl (C=O) groups is 2. The topological polar surface area (TPSA) is 65.2 Å². The Morgan fingerprint density at radius 3 is 2.72 bits per heavy atom. The zero-order chi connectivity index (χ0) is 19.8. The van der Waals surface area contributed by atoms with E-state index in [1.54, 1.807) is 0 Å². The first-order valence-electron chi connectivity index (χ1n) is 10.5. The summed E-state index contributed by atoms with van der Waals surface area (Å²) in [6.45, 7) is 0.742. The van der Waals surface area contributed by atoms with Crippen molar-refractivity contribution in [3.8, 4) is 0 Å². The number of aromatic amines is 1. The van der Waals surface area contributed by atoms with Gasteiger partial charge in [-0.25, -0.2) is 0 Å². The highest BCUT2D eigenvalue weighted by Gasteiger charge is 2.20. The van der Waals surface area contributed by atoms with Crippen LogP contribution in [0.4, 0.5) is 11.4 Å². The molecule has 0 atom stereocenters. The van der Waals surface area contributed by atoms with Crippen LogP contribution in [0.1, 0.15) is 53.7 Å². The predicted octanol–water partition coefficient (Wildman–Crippen LogP) is 4.82. The molecule has 0 saturated carbocycles. The molecule has 0 radical (unpaired) electrons. The van der Waals surface area contributed by atoms with Gasteiger partial charge in [0.25, 0.3) is 5.91 Å². The number of benzene rings is 2. The highest BCUT2D eigenvalue weighted by atomic mass is 16.2. The van der Waals surface area contributed by atoms with Crippen molar-refractivity contribution >= 4 is 34.1 Å². The van der Waals surface area contributed by atoms with Crippen molar-refractivity contribution < 1.29 is 9.59 Å². The Bertz CT molecular complexity index is 1100. The maximum atomic E-state index is 12.9. The third-order valence-corrected chi connectivity index (χ3v) is 6.10. The molecule has 1 saturated heterocycles. The SMILES string of the molecule is O=C(Nc1cccc(N2CCCCC2=O)c1)c1ccc2[nH]c3c(c2c1)CCCC3. The number of anilines is 2. The molecule has 2 amide bonds. The molecule has 1 aromatic heterocycles. The van der Waals surface area contributed by atoms with Gasteiger partial charge in [-0.1, -0.05) is 6.07 Å². The fourth-order valence-electron chi connectivity index (χ4n) is 4.58. The Morgan fingerprint density at radius 1 is 0.966 bits per heavy atom. The number of hydrogen-bond donors (Lipinski definition) is 2. The van der Waals surface area contributed by atoms with E-state index in [2.05, 4.69) is 10.3 Å². The molecule has 2 heterocycles. The summed E-state index contributed by atoms with van der Waals surface area (Å²) in [6, 6.07) is 13.5. The minimum atomic E-state index is -0.125. The van der Waals surface area contributed by atoms with E-state index in [1.165, 1.54) is 29.5 Å². The first-order chi connectivity index (χ1) is 14.2. The lowest BCUT2D eigenvalue weighted by Crippen LogP contribution is -2.35. The molecule has 1 fully saturated rings. The normalized spacial score (nSPS) is 16.7. The molecule has 2 aliphatic rings. The van der Waals surface area contributed by atoms with E-state index >= 15 is 0 Å². The van der Waals surface area contributed by atoms with Gasteiger partial charge < -0.3 is 15.2 Å². The third kappa shape index (κ3) is 3.41. The number of amides is 2. The molecular formula is C24H25N3O2. The number of rotatable bonds is 3. The van der Waals surface area contributed by atoms with Crippen LogP contribution in [0.15, 0.2) is 42.5 Å². The molecule has 5 heteroatoms. The number of hydrogen-bond acceptors (Lipinski definition) is 2. The Morgan fingerprint density at radius 2 is 1.83 bits per heavy atom. The molecule has 5 nitrogen and oxygen atoms in total. The zero-order valence-electron chi connectivity index (χ0n) is 16.5. The average Bonchev–Trinajstić information content (AvgIpc) is 3.12. The summed E-state index contributed by atoms with van der Waals surface area (Å²) in [5.74, 6) is 0.0298. The highest BCUT2D eigenvalue weighted by molar-refractivity contribution is 6.07. The molecule has 0 unspecified atom stereocenters. The zero-order valence-corrected chi connectivity index (χ0v) is 16.5. The van der Waals surface area contributed by atoms with E-state index < -0.39 is 0 Å². The van der Waals surface area contributed by atoms with Gasteiger partial charge in [0.1, 0.15) is 0 Å². The van der Waals surface area contributed by atoms with Crippen molar-refractivity contribution in [3.05, 3.63) is 59.3 Å². The molecule has 3 aromatic rings. The smallest absolute Gasteiger partial charge is 0.255 e. The highest BCUT2D eigenvalue weighted by Crippen LogP contribution is 2.30. The van der Waals surface area contributed by atoms with Gasteiger partial charge in [0.15, 0.2) is 0 Å². The van der Waals surface area contributed by atoms with E-state index in [1.807, 2.05) is 47.4 Å². The number of piperidine rings is 1. The summed E-state index contributed by atoms with van der Waals surface area (Å²) < 4.78 is 0. The van der Waals surface area contributed by atoms with Crippen LogP contribution in [-0.4, -0.2) is 23.3 Å². The molecule has 2 aromatic carbocycles. The summed E-state index contributed by atoms with van der Waals surface area (Å²) in [4.78, 5) is 30.4. The molecule has 0 spiro atoms. The molecule has 0 bridgehead atoms. The summed E-state index contributed by atoms with van der Waals surface area (Å²) >= 11 is 0. The van der Waals surface area contributed by atoms with Gasteiger partial charge in [-0.15, -0.1) is 0 Å². The minimum Gasteiger partial charge on any atom is -0.358 e. The van der Waals surface area contributed by atoms with Crippen LogP contribution in [-0.2, 0) is 17.6 Å². The second-order valence-electron chi connectivity index (χ2n) is 8.06. The molecule has 2 N–H and O–H groups in total. The van der Waals surface area contributed by atoms with Gasteiger partial charge in [-0.05, 0) is 80.5 Å². The van der Waals surface area contributed by atoms with Gasteiger partial charge >= 0.3 is 0 Å². The number of aromatic nitrogens is 1. The fourth-order valence-corrected chi connectivity index (χ4v) is 4.58. The van der Waals surface area contributed by atoms with Gasteiger partial charge in [0, 0.05) is 46.5 Å². The average molecular weight is 387 g/mol. The lowest BCUT2D eigenvalue weighted by Gasteiger charge is -2.27. The first-order valence-corrected chi connectivity index (χ1v) is 10.5. The van der Waals surface area contributed by atoms with Crippen molar-refractivity contribution in [1.29, 1.82) is 0 Å². The quantitative estimate of drug-likeness (QED) is 0.677. The molecule has 5 rings (SSSR count). The van der Waals surface area contributed by atoms with Crippen molar-refractivity contribution in [2.45, 2.75) is 44.9 Å². The lowest BCUT2D eigenvalue weighted by molar-refractivity contribution is -0.119. The van der Waals surface area contributed by atoms with Crippen molar-refractivity contribution in [2.24, 2.45) is 0 Å². The molecule has 1 aliphatic heterocycles. The van der Waals surface area contributed by atoms with Crippen molar-refractivity contribution in [2.75, 3.05) is 16.8 Å².